The summed E-state index contributed by atoms with van der Waals surface area (Å²) in [5.74, 6) is -3.43. The Morgan fingerprint density at radius 1 is 0.529 bits per heavy atom. The first-order chi connectivity index (χ1) is 32.1. The van der Waals surface area contributed by atoms with Crippen molar-refractivity contribution in [1.82, 2.24) is 9.80 Å². The molecule has 2 fully saturated rings. The van der Waals surface area contributed by atoms with Crippen LogP contribution in [-0.2, 0) is 52.3 Å². The SMILES string of the molecule is C.C=C1N=C(N)N=CN1[C@@H]1O[C@H](COC(=O)c2ccccc2)[C@H](OC(=O)c2ccccc2)C1OC(=O)c1ccccc1.C=C1N=C(N)N=CN1[C@@H]1O[C@H](COC(C)=O)[C@H](OC(C)=O)C1OC(C)=O. The Bertz CT molecular complexity index is 2470. The maximum atomic E-state index is 13.2. The van der Waals surface area contributed by atoms with Crippen molar-refractivity contribution in [1.29, 1.82) is 0 Å². The van der Waals surface area contributed by atoms with E-state index in [-0.39, 0.29) is 55.3 Å². The molecule has 0 bridgehead atoms. The van der Waals surface area contributed by atoms with Crippen LogP contribution in [0, 0.1) is 0 Å². The molecule has 0 aromatic heterocycles. The molecule has 7 rings (SSSR count). The lowest BCUT2D eigenvalue weighted by Crippen LogP contribution is -2.47. The second-order valence-corrected chi connectivity index (χ2v) is 14.6. The Kier molecular flexibility index (Phi) is 17.4. The quantitative estimate of drug-likeness (QED) is 0.184. The number of nitrogens with two attached hydrogens (primary N) is 2. The molecule has 0 spiro atoms. The maximum absolute atomic E-state index is 13.2. The Morgan fingerprint density at radius 2 is 0.882 bits per heavy atom. The molecule has 4 heterocycles. The molecule has 22 heteroatoms. The first kappa shape index (κ1) is 50.8. The number of carbonyl (C=O) groups excluding carboxylic acids is 6. The number of hydrogen-bond donors (Lipinski definition) is 2. The molecular formula is C46H50N8O14. The zero-order chi connectivity index (χ0) is 48.2. The van der Waals surface area contributed by atoms with Crippen LogP contribution in [0.4, 0.5) is 0 Å². The van der Waals surface area contributed by atoms with Crippen molar-refractivity contribution >= 4 is 60.4 Å². The second-order valence-electron chi connectivity index (χ2n) is 14.6. The lowest BCUT2D eigenvalue weighted by Gasteiger charge is -2.31. The minimum absolute atomic E-state index is 0. The lowest BCUT2D eigenvalue weighted by atomic mass is 10.1. The number of rotatable bonds is 13. The van der Waals surface area contributed by atoms with Gasteiger partial charge in [-0.25, -0.2) is 24.4 Å². The first-order valence-electron chi connectivity index (χ1n) is 20.3. The van der Waals surface area contributed by atoms with Gasteiger partial charge in [0.05, 0.1) is 16.7 Å². The molecule has 3 aromatic rings. The third kappa shape index (κ3) is 13.0. The summed E-state index contributed by atoms with van der Waals surface area (Å²) >= 11 is 0. The summed E-state index contributed by atoms with van der Waals surface area (Å²) in [7, 11) is 0. The van der Waals surface area contributed by atoms with E-state index in [9.17, 15) is 28.8 Å². The number of carbonyl (C=O) groups is 6. The summed E-state index contributed by atoms with van der Waals surface area (Å²) in [5.41, 5.74) is 12.1. The number of aliphatic imine (C=N–C) groups is 4. The van der Waals surface area contributed by atoms with Crippen LogP contribution >= 0.6 is 0 Å². The molecule has 0 aliphatic carbocycles. The average molecular weight is 939 g/mol. The van der Waals surface area contributed by atoms with Crippen molar-refractivity contribution in [2.75, 3.05) is 13.2 Å². The highest BCUT2D eigenvalue weighted by Gasteiger charge is 2.54. The van der Waals surface area contributed by atoms with Crippen LogP contribution in [0.1, 0.15) is 59.3 Å². The topological polar surface area (TPSA) is 284 Å². The highest BCUT2D eigenvalue weighted by atomic mass is 16.7. The molecule has 2 saturated heterocycles. The van der Waals surface area contributed by atoms with E-state index < -0.39 is 84.9 Å². The van der Waals surface area contributed by atoms with Gasteiger partial charge in [-0.1, -0.05) is 75.2 Å². The van der Waals surface area contributed by atoms with E-state index in [1.165, 1.54) is 43.2 Å². The minimum atomic E-state index is -1.21. The molecule has 4 aliphatic rings. The minimum Gasteiger partial charge on any atom is -0.463 e. The number of nitrogens with zero attached hydrogens (tertiary/aromatic N) is 6. The van der Waals surface area contributed by atoms with E-state index >= 15 is 0 Å². The van der Waals surface area contributed by atoms with Gasteiger partial charge in [0.15, 0.2) is 36.9 Å². The van der Waals surface area contributed by atoms with Gasteiger partial charge in [-0.15, -0.1) is 0 Å². The van der Waals surface area contributed by atoms with Crippen molar-refractivity contribution in [2.45, 2.75) is 77.3 Å². The number of hydrogen-bond acceptors (Lipinski definition) is 22. The van der Waals surface area contributed by atoms with E-state index in [0.717, 1.165) is 0 Å². The van der Waals surface area contributed by atoms with E-state index in [0.29, 0.717) is 5.56 Å². The number of ether oxygens (including phenoxy) is 8. The van der Waals surface area contributed by atoms with Crippen LogP contribution in [-0.4, -0.2) is 133 Å². The molecule has 0 radical (unpaired) electrons. The number of benzene rings is 3. The van der Waals surface area contributed by atoms with Crippen LogP contribution in [0.15, 0.2) is 136 Å². The van der Waals surface area contributed by atoms with E-state index in [4.69, 9.17) is 49.4 Å². The van der Waals surface area contributed by atoms with Gasteiger partial charge in [0.1, 0.15) is 49.7 Å². The van der Waals surface area contributed by atoms with Crippen LogP contribution < -0.4 is 11.5 Å². The zero-order valence-corrected chi connectivity index (χ0v) is 36.3. The van der Waals surface area contributed by atoms with Gasteiger partial charge < -0.3 is 49.4 Å². The van der Waals surface area contributed by atoms with Crippen molar-refractivity contribution < 1.29 is 66.7 Å². The van der Waals surface area contributed by atoms with Crippen molar-refractivity contribution in [3.8, 4) is 0 Å². The van der Waals surface area contributed by atoms with Gasteiger partial charge in [-0.05, 0) is 36.4 Å². The fourth-order valence-corrected chi connectivity index (χ4v) is 6.84. The first-order valence-corrected chi connectivity index (χ1v) is 20.3. The third-order valence-corrected chi connectivity index (χ3v) is 9.78. The maximum Gasteiger partial charge on any atom is 0.338 e. The summed E-state index contributed by atoms with van der Waals surface area (Å²) in [6.45, 7) is 10.7. The van der Waals surface area contributed by atoms with E-state index in [1.807, 2.05) is 0 Å². The summed E-state index contributed by atoms with van der Waals surface area (Å²) < 4.78 is 44.9. The van der Waals surface area contributed by atoms with Crippen molar-refractivity contribution in [3.05, 3.63) is 132 Å². The largest absolute Gasteiger partial charge is 0.463 e. The fraction of sp³-hybridized carbons (Fsp3) is 0.304. The molecule has 22 nitrogen and oxygen atoms in total. The smallest absolute Gasteiger partial charge is 0.338 e. The summed E-state index contributed by atoms with van der Waals surface area (Å²) in [6, 6.07) is 25.0. The molecule has 3 aromatic carbocycles. The molecule has 2 unspecified atom stereocenters. The molecular weight excluding hydrogens is 889 g/mol. The Hall–Kier alpha value is -8.24. The van der Waals surface area contributed by atoms with Crippen molar-refractivity contribution in [2.24, 2.45) is 31.4 Å². The van der Waals surface area contributed by atoms with E-state index in [2.05, 4.69) is 33.1 Å². The standard InChI is InChI=1S/C30H26N4O7.C15H20N4O7.CH4/c1-19-33-30(31)32-18-34(19)26-25(41-29(37)22-15-9-4-10-16-22)24(40-28(36)21-13-7-3-8-14-21)23(39-26)17-38-27(35)20-11-5-2-6-12-20;1-7-18-15(16)17-6-19(7)14-13(25-10(4)22)12(24-9(3)21)11(26-14)5-23-8(2)20;/h2-16,18,23-26H,1,17H2,(H2,31,33);6,11-14H,1,5H2,2-4H3,(H2,16,18);1H4/t23-,24+,25?,26-;11-,12+,13?,14-;/m11./s1. The Balaban J connectivity index is 0.000000277. The zero-order valence-electron chi connectivity index (χ0n) is 36.3. The highest BCUT2D eigenvalue weighted by molar-refractivity contribution is 5.92. The predicted octanol–water partition coefficient (Wildman–Crippen LogP) is 3.05. The number of guanidine groups is 2. The summed E-state index contributed by atoms with van der Waals surface area (Å²) in [5, 5.41) is 0. The third-order valence-electron chi connectivity index (χ3n) is 9.78. The molecule has 68 heavy (non-hydrogen) atoms. The predicted molar refractivity (Wildman–Crippen MR) is 242 cm³/mol. The van der Waals surface area contributed by atoms with Gasteiger partial charge in [-0.2, -0.15) is 9.98 Å². The highest BCUT2D eigenvalue weighted by Crippen LogP contribution is 2.34. The normalized spacial score (nSPS) is 23.6. The summed E-state index contributed by atoms with van der Waals surface area (Å²) in [4.78, 5) is 91.9. The van der Waals surface area contributed by atoms with Gasteiger partial charge in [0.25, 0.3) is 0 Å². The van der Waals surface area contributed by atoms with Crippen LogP contribution in [0.3, 0.4) is 0 Å². The Morgan fingerprint density at radius 3 is 1.28 bits per heavy atom. The van der Waals surface area contributed by atoms with Crippen LogP contribution in [0.5, 0.6) is 0 Å². The van der Waals surface area contributed by atoms with Gasteiger partial charge in [-0.3, -0.25) is 24.2 Å². The molecule has 358 valence electrons. The monoisotopic (exact) mass is 938 g/mol. The van der Waals surface area contributed by atoms with E-state index in [1.54, 1.807) is 91.0 Å². The molecule has 4 aliphatic heterocycles. The molecule has 0 amide bonds. The summed E-state index contributed by atoms with van der Waals surface area (Å²) in [6.07, 6.45) is -5.80. The number of esters is 6. The van der Waals surface area contributed by atoms with Crippen LogP contribution in [0.2, 0.25) is 0 Å². The fourth-order valence-electron chi connectivity index (χ4n) is 6.84. The molecule has 0 saturated carbocycles. The average Bonchev–Trinajstić information content (AvgIpc) is 3.80. The lowest BCUT2D eigenvalue weighted by molar-refractivity contribution is -0.166. The van der Waals surface area contributed by atoms with Gasteiger partial charge in [0.2, 0.25) is 11.9 Å². The second kappa shape index (κ2) is 23.3. The molecule has 8 atom stereocenters. The Labute approximate surface area is 390 Å². The van der Waals surface area contributed by atoms with Gasteiger partial charge in [0, 0.05) is 20.8 Å². The van der Waals surface area contributed by atoms with Gasteiger partial charge >= 0.3 is 35.8 Å². The van der Waals surface area contributed by atoms with Crippen molar-refractivity contribution in [3.63, 3.8) is 0 Å². The molecule has 4 N–H and O–H groups in total. The van der Waals surface area contributed by atoms with Crippen LogP contribution in [0.25, 0.3) is 0 Å².